The highest BCUT2D eigenvalue weighted by Crippen LogP contribution is 2.23. The molecule has 0 aromatic carbocycles. The molecule has 0 bridgehead atoms. The minimum absolute atomic E-state index is 0. The number of morpholine rings is 2. The highest BCUT2D eigenvalue weighted by molar-refractivity contribution is 5.85. The molecule has 2 fully saturated rings. The second-order valence-electron chi connectivity index (χ2n) is 5.94. The van der Waals surface area contributed by atoms with Crippen LogP contribution in [0.1, 0.15) is 17.6 Å². The first-order valence-corrected chi connectivity index (χ1v) is 8.21. The Morgan fingerprint density at radius 2 is 2.04 bits per heavy atom. The van der Waals surface area contributed by atoms with Crippen molar-refractivity contribution in [3.63, 3.8) is 0 Å². The molecule has 0 spiro atoms. The zero-order valence-corrected chi connectivity index (χ0v) is 16.0. The van der Waals surface area contributed by atoms with Crippen LogP contribution in [0, 0.1) is 6.92 Å². The fourth-order valence-corrected chi connectivity index (χ4v) is 2.99. The number of ether oxygens (including phenoxy) is 2. The van der Waals surface area contributed by atoms with Crippen LogP contribution in [0.15, 0.2) is 16.5 Å². The lowest BCUT2D eigenvalue weighted by Gasteiger charge is -2.34. The third-order valence-electron chi connectivity index (χ3n) is 4.28. The predicted octanol–water partition coefficient (Wildman–Crippen LogP) is 0.910. The van der Waals surface area contributed by atoms with E-state index in [9.17, 15) is 4.79 Å². The Kier molecular flexibility index (Phi) is 9.78. The number of aryl methyl sites for hydroxylation is 1. The molecule has 1 aromatic rings. The summed E-state index contributed by atoms with van der Waals surface area (Å²) < 4.78 is 16.6. The number of nitrogens with zero attached hydrogens (tertiary/aromatic N) is 1. The standard InChI is InChI=1S/C16H25N3O4.2ClH/c1-12-2-3-15(23-12)14(19-5-8-21-9-6-19)10-18-16(20)13-11-22-7-4-17-13;;/h2-3,13-14,17H,4-11H2,1H3,(H,18,20);2*1H. The van der Waals surface area contributed by atoms with Gasteiger partial charge in [0.05, 0.1) is 32.5 Å². The van der Waals surface area contributed by atoms with Crippen LogP contribution in [0.25, 0.3) is 0 Å². The Morgan fingerprint density at radius 3 is 2.64 bits per heavy atom. The second kappa shape index (κ2) is 11.0. The van der Waals surface area contributed by atoms with Gasteiger partial charge in [-0.25, -0.2) is 0 Å². The van der Waals surface area contributed by atoms with Crippen LogP contribution < -0.4 is 10.6 Å². The van der Waals surface area contributed by atoms with E-state index >= 15 is 0 Å². The highest BCUT2D eigenvalue weighted by atomic mass is 35.5. The summed E-state index contributed by atoms with van der Waals surface area (Å²) in [6.07, 6.45) is 0. The number of amides is 1. The average molecular weight is 396 g/mol. The van der Waals surface area contributed by atoms with Crippen molar-refractivity contribution < 1.29 is 18.7 Å². The summed E-state index contributed by atoms with van der Waals surface area (Å²) in [4.78, 5) is 14.6. The molecule has 3 heterocycles. The quantitative estimate of drug-likeness (QED) is 0.771. The SMILES string of the molecule is Cc1ccc(C(CNC(=O)C2COCCN2)N2CCOCC2)o1.Cl.Cl. The van der Waals surface area contributed by atoms with Crippen molar-refractivity contribution in [2.24, 2.45) is 0 Å². The average Bonchev–Trinajstić information content (AvgIpc) is 3.03. The summed E-state index contributed by atoms with van der Waals surface area (Å²) in [5, 5.41) is 6.21. The molecule has 0 saturated carbocycles. The Labute approximate surface area is 160 Å². The largest absolute Gasteiger partial charge is 0.465 e. The summed E-state index contributed by atoms with van der Waals surface area (Å²) in [7, 11) is 0. The van der Waals surface area contributed by atoms with Crippen LogP contribution in [0.3, 0.4) is 0 Å². The molecule has 1 amide bonds. The lowest BCUT2D eigenvalue weighted by atomic mass is 10.1. The van der Waals surface area contributed by atoms with E-state index in [-0.39, 0.29) is 42.8 Å². The van der Waals surface area contributed by atoms with Crippen LogP contribution >= 0.6 is 24.8 Å². The molecule has 1 aromatic heterocycles. The van der Waals surface area contributed by atoms with Crippen molar-refractivity contribution in [3.05, 3.63) is 23.7 Å². The second-order valence-corrected chi connectivity index (χ2v) is 5.94. The molecule has 2 aliphatic heterocycles. The van der Waals surface area contributed by atoms with Gasteiger partial charge in [0.25, 0.3) is 0 Å². The molecule has 2 N–H and O–H groups in total. The van der Waals surface area contributed by atoms with Gasteiger partial charge >= 0.3 is 0 Å². The maximum atomic E-state index is 12.3. The van der Waals surface area contributed by atoms with Gasteiger partial charge < -0.3 is 24.5 Å². The van der Waals surface area contributed by atoms with E-state index in [1.165, 1.54) is 0 Å². The first-order chi connectivity index (χ1) is 11.2. The third kappa shape index (κ3) is 6.13. The van der Waals surface area contributed by atoms with Crippen LogP contribution in [-0.4, -0.2) is 69.5 Å². The van der Waals surface area contributed by atoms with E-state index < -0.39 is 0 Å². The Morgan fingerprint density at radius 1 is 1.28 bits per heavy atom. The van der Waals surface area contributed by atoms with E-state index in [0.29, 0.717) is 39.5 Å². The number of rotatable bonds is 5. The number of hydrogen-bond acceptors (Lipinski definition) is 6. The number of furan rings is 1. The number of hydrogen-bond donors (Lipinski definition) is 2. The van der Waals surface area contributed by atoms with Crippen LogP contribution in [0.4, 0.5) is 0 Å². The first-order valence-electron chi connectivity index (χ1n) is 8.21. The number of halogens is 2. The highest BCUT2D eigenvalue weighted by Gasteiger charge is 2.27. The lowest BCUT2D eigenvalue weighted by Crippen LogP contribution is -2.53. The van der Waals surface area contributed by atoms with Crippen molar-refractivity contribution in [1.82, 2.24) is 15.5 Å². The predicted molar refractivity (Wildman–Crippen MR) is 98.7 cm³/mol. The van der Waals surface area contributed by atoms with Crippen LogP contribution in [0.5, 0.6) is 0 Å². The third-order valence-corrected chi connectivity index (χ3v) is 4.28. The van der Waals surface area contributed by atoms with Crippen molar-refractivity contribution in [2.75, 3.05) is 52.6 Å². The minimum atomic E-state index is -0.271. The molecular formula is C16H27Cl2N3O4. The molecule has 144 valence electrons. The van der Waals surface area contributed by atoms with E-state index in [1.54, 1.807) is 0 Å². The van der Waals surface area contributed by atoms with Gasteiger partial charge in [0.1, 0.15) is 17.6 Å². The summed E-state index contributed by atoms with van der Waals surface area (Å²) >= 11 is 0. The monoisotopic (exact) mass is 395 g/mol. The van der Waals surface area contributed by atoms with Crippen LogP contribution in [0.2, 0.25) is 0 Å². The molecule has 2 unspecified atom stereocenters. The van der Waals surface area contributed by atoms with Crippen LogP contribution in [-0.2, 0) is 14.3 Å². The Bertz CT molecular complexity index is 517. The molecule has 0 aliphatic carbocycles. The van der Waals surface area contributed by atoms with E-state index in [4.69, 9.17) is 13.9 Å². The van der Waals surface area contributed by atoms with E-state index in [2.05, 4.69) is 15.5 Å². The summed E-state index contributed by atoms with van der Waals surface area (Å²) in [6, 6.07) is 3.71. The maximum Gasteiger partial charge on any atom is 0.239 e. The normalized spacial score (nSPS) is 22.4. The van der Waals surface area contributed by atoms with Gasteiger partial charge in [0.15, 0.2) is 0 Å². The molecule has 0 radical (unpaired) electrons. The van der Waals surface area contributed by atoms with Crippen molar-refractivity contribution in [1.29, 1.82) is 0 Å². The maximum absolute atomic E-state index is 12.3. The summed E-state index contributed by atoms with van der Waals surface area (Å²) in [5.41, 5.74) is 0. The summed E-state index contributed by atoms with van der Waals surface area (Å²) in [5.74, 6) is 1.75. The number of carbonyl (C=O) groups is 1. The van der Waals surface area contributed by atoms with Gasteiger partial charge in [-0.3, -0.25) is 9.69 Å². The molecule has 2 saturated heterocycles. The molecule has 2 atom stereocenters. The topological polar surface area (TPSA) is 76.0 Å². The van der Waals surface area contributed by atoms with Gasteiger partial charge in [-0.05, 0) is 19.1 Å². The molecular weight excluding hydrogens is 369 g/mol. The number of carbonyl (C=O) groups excluding carboxylic acids is 1. The number of nitrogens with one attached hydrogen (secondary N) is 2. The van der Waals surface area contributed by atoms with Crippen molar-refractivity contribution in [3.8, 4) is 0 Å². The van der Waals surface area contributed by atoms with Crippen molar-refractivity contribution in [2.45, 2.75) is 19.0 Å². The van der Waals surface area contributed by atoms with Gasteiger partial charge in [-0.1, -0.05) is 0 Å². The molecule has 2 aliphatic rings. The fourth-order valence-electron chi connectivity index (χ4n) is 2.99. The van der Waals surface area contributed by atoms with Gasteiger partial charge in [-0.2, -0.15) is 0 Å². The fraction of sp³-hybridized carbons (Fsp3) is 0.688. The first kappa shape index (κ1) is 22.2. The zero-order chi connectivity index (χ0) is 16.1. The smallest absolute Gasteiger partial charge is 0.239 e. The Hall–Kier alpha value is -0.830. The zero-order valence-electron chi connectivity index (χ0n) is 14.4. The molecule has 7 nitrogen and oxygen atoms in total. The van der Waals surface area contributed by atoms with Gasteiger partial charge in [-0.15, -0.1) is 24.8 Å². The van der Waals surface area contributed by atoms with E-state index in [0.717, 1.165) is 24.6 Å². The van der Waals surface area contributed by atoms with E-state index in [1.807, 2.05) is 19.1 Å². The molecule has 3 rings (SSSR count). The Balaban J connectivity index is 0.00000156. The molecule has 9 heteroatoms. The minimum Gasteiger partial charge on any atom is -0.465 e. The summed E-state index contributed by atoms with van der Waals surface area (Å²) in [6.45, 7) is 7.34. The molecule has 25 heavy (non-hydrogen) atoms. The van der Waals surface area contributed by atoms with Gasteiger partial charge in [0.2, 0.25) is 5.91 Å². The van der Waals surface area contributed by atoms with Crippen molar-refractivity contribution >= 4 is 30.7 Å². The lowest BCUT2D eigenvalue weighted by molar-refractivity contribution is -0.126. The van der Waals surface area contributed by atoms with Gasteiger partial charge in [0, 0.05) is 26.2 Å².